The number of nitro groups is 1. The molecule has 9 heteroatoms. The fourth-order valence-corrected chi connectivity index (χ4v) is 2.93. The van der Waals surface area contributed by atoms with Crippen LogP contribution in [0.3, 0.4) is 0 Å². The molecule has 31 heavy (non-hydrogen) atoms. The van der Waals surface area contributed by atoms with Gasteiger partial charge in [0.2, 0.25) is 0 Å². The predicted molar refractivity (Wildman–Crippen MR) is 111 cm³/mol. The van der Waals surface area contributed by atoms with Gasteiger partial charge in [-0.3, -0.25) is 14.9 Å². The summed E-state index contributed by atoms with van der Waals surface area (Å²) in [4.78, 5) is 22.7. The minimum absolute atomic E-state index is 0.00260. The SMILES string of the molecule is Cc1cccc(OCc2ccc(C(=O)NC(CO)C(O)c3ccc([N+](=O)[O-])cc3)o2)c1. The Morgan fingerprint density at radius 3 is 2.58 bits per heavy atom. The number of ether oxygens (including phenoxy) is 1. The van der Waals surface area contributed by atoms with Crippen molar-refractivity contribution >= 4 is 11.6 Å². The second kappa shape index (κ2) is 9.88. The normalized spacial score (nSPS) is 12.7. The van der Waals surface area contributed by atoms with E-state index in [4.69, 9.17) is 9.15 Å². The monoisotopic (exact) mass is 426 g/mol. The van der Waals surface area contributed by atoms with E-state index >= 15 is 0 Å². The highest BCUT2D eigenvalue weighted by Gasteiger charge is 2.24. The van der Waals surface area contributed by atoms with Gasteiger partial charge in [-0.1, -0.05) is 12.1 Å². The molecule has 0 fully saturated rings. The van der Waals surface area contributed by atoms with Crippen LogP contribution >= 0.6 is 0 Å². The molecule has 3 N–H and O–H groups in total. The van der Waals surface area contributed by atoms with Gasteiger partial charge in [0.05, 0.1) is 17.6 Å². The number of nitrogens with one attached hydrogen (secondary N) is 1. The fourth-order valence-electron chi connectivity index (χ4n) is 2.93. The van der Waals surface area contributed by atoms with E-state index in [-0.39, 0.29) is 18.1 Å². The highest BCUT2D eigenvalue weighted by molar-refractivity contribution is 5.91. The van der Waals surface area contributed by atoms with Crippen LogP contribution < -0.4 is 10.1 Å². The van der Waals surface area contributed by atoms with Crippen molar-refractivity contribution in [1.29, 1.82) is 0 Å². The molecule has 0 saturated heterocycles. The molecule has 2 unspecified atom stereocenters. The number of amides is 1. The molecule has 3 aromatic rings. The lowest BCUT2D eigenvalue weighted by Gasteiger charge is -2.22. The van der Waals surface area contributed by atoms with Crippen LogP contribution in [0.15, 0.2) is 65.1 Å². The Bertz CT molecular complexity index is 1050. The number of aliphatic hydroxyl groups excluding tert-OH is 2. The van der Waals surface area contributed by atoms with Gasteiger partial charge in [0.15, 0.2) is 5.76 Å². The van der Waals surface area contributed by atoms with Crippen LogP contribution in [0.1, 0.15) is 33.5 Å². The molecular formula is C22H22N2O7. The lowest BCUT2D eigenvalue weighted by molar-refractivity contribution is -0.384. The summed E-state index contributed by atoms with van der Waals surface area (Å²) >= 11 is 0. The van der Waals surface area contributed by atoms with E-state index < -0.39 is 29.6 Å². The van der Waals surface area contributed by atoms with Crippen LogP contribution in [-0.4, -0.2) is 33.7 Å². The molecule has 2 atom stereocenters. The molecule has 9 nitrogen and oxygen atoms in total. The van der Waals surface area contributed by atoms with E-state index in [0.717, 1.165) is 5.56 Å². The first kappa shape index (κ1) is 22.0. The third-order valence-corrected chi connectivity index (χ3v) is 4.60. The standard InChI is InChI=1S/C22H22N2O7/c1-14-3-2-4-17(11-14)30-13-18-9-10-20(31-18)22(27)23-19(12-25)21(26)15-5-7-16(8-6-15)24(28)29/h2-11,19,21,25-26H,12-13H2,1H3,(H,23,27). The maximum absolute atomic E-state index is 12.5. The number of non-ortho nitro benzene ring substituents is 1. The van der Waals surface area contributed by atoms with Crippen molar-refractivity contribution in [2.24, 2.45) is 0 Å². The van der Waals surface area contributed by atoms with Crippen LogP contribution in [0.5, 0.6) is 5.75 Å². The molecule has 2 aromatic carbocycles. The van der Waals surface area contributed by atoms with Crippen molar-refractivity contribution < 1.29 is 29.1 Å². The fraction of sp³-hybridized carbons (Fsp3) is 0.227. The molecule has 1 heterocycles. The zero-order valence-electron chi connectivity index (χ0n) is 16.7. The molecule has 1 aromatic heterocycles. The average Bonchev–Trinajstić information content (AvgIpc) is 3.25. The number of hydrogen-bond donors (Lipinski definition) is 3. The summed E-state index contributed by atoms with van der Waals surface area (Å²) in [5, 5.41) is 33.3. The van der Waals surface area contributed by atoms with E-state index in [1.165, 1.54) is 30.3 Å². The van der Waals surface area contributed by atoms with Crippen LogP contribution in [0.25, 0.3) is 0 Å². The number of carbonyl (C=O) groups is 1. The smallest absolute Gasteiger partial charge is 0.287 e. The summed E-state index contributed by atoms with van der Waals surface area (Å²) in [5.41, 5.74) is 1.24. The Morgan fingerprint density at radius 2 is 1.94 bits per heavy atom. The van der Waals surface area contributed by atoms with Crippen LogP contribution in [0, 0.1) is 17.0 Å². The van der Waals surface area contributed by atoms with E-state index in [9.17, 15) is 25.1 Å². The summed E-state index contributed by atoms with van der Waals surface area (Å²) in [6, 6.07) is 14.8. The number of aryl methyl sites for hydroxylation is 1. The van der Waals surface area contributed by atoms with Gasteiger partial charge in [0.25, 0.3) is 11.6 Å². The zero-order chi connectivity index (χ0) is 22.4. The van der Waals surface area contributed by atoms with E-state index in [1.807, 2.05) is 31.2 Å². The minimum Gasteiger partial charge on any atom is -0.486 e. The molecule has 0 bridgehead atoms. The van der Waals surface area contributed by atoms with Gasteiger partial charge in [-0.15, -0.1) is 0 Å². The molecule has 162 valence electrons. The maximum atomic E-state index is 12.5. The van der Waals surface area contributed by atoms with E-state index in [2.05, 4.69) is 5.32 Å². The van der Waals surface area contributed by atoms with Gasteiger partial charge in [-0.25, -0.2) is 0 Å². The highest BCUT2D eigenvalue weighted by Crippen LogP contribution is 2.21. The topological polar surface area (TPSA) is 135 Å². The second-order valence-electron chi connectivity index (χ2n) is 6.93. The van der Waals surface area contributed by atoms with E-state index in [0.29, 0.717) is 17.1 Å². The minimum atomic E-state index is -1.27. The molecule has 1 amide bonds. The predicted octanol–water partition coefficient (Wildman–Crippen LogP) is 2.90. The van der Waals surface area contributed by atoms with Gasteiger partial charge in [0.1, 0.15) is 24.2 Å². The van der Waals surface area contributed by atoms with Crippen molar-refractivity contribution in [1.82, 2.24) is 5.32 Å². The molecule has 0 saturated carbocycles. The summed E-state index contributed by atoms with van der Waals surface area (Å²) in [7, 11) is 0. The number of nitro benzene ring substituents is 1. The van der Waals surface area contributed by atoms with Gasteiger partial charge >= 0.3 is 0 Å². The molecule has 0 spiro atoms. The number of aliphatic hydroxyl groups is 2. The third-order valence-electron chi connectivity index (χ3n) is 4.60. The lowest BCUT2D eigenvalue weighted by atomic mass is 10.0. The van der Waals surface area contributed by atoms with Gasteiger partial charge in [-0.2, -0.15) is 0 Å². The molecule has 3 rings (SSSR count). The first-order valence-electron chi connectivity index (χ1n) is 9.49. The van der Waals surface area contributed by atoms with E-state index in [1.54, 1.807) is 6.07 Å². The molecule has 0 aliphatic rings. The van der Waals surface area contributed by atoms with Crippen molar-refractivity contribution in [3.05, 3.63) is 93.4 Å². The van der Waals surface area contributed by atoms with Crippen molar-refractivity contribution in [3.63, 3.8) is 0 Å². The first-order chi connectivity index (χ1) is 14.9. The lowest BCUT2D eigenvalue weighted by Crippen LogP contribution is -2.41. The zero-order valence-corrected chi connectivity index (χ0v) is 16.7. The summed E-state index contributed by atoms with van der Waals surface area (Å²) in [6.07, 6.45) is -1.27. The van der Waals surface area contributed by atoms with Gasteiger partial charge < -0.3 is 24.7 Å². The summed E-state index contributed by atoms with van der Waals surface area (Å²) in [6.45, 7) is 1.53. The Morgan fingerprint density at radius 1 is 1.19 bits per heavy atom. The summed E-state index contributed by atoms with van der Waals surface area (Å²) < 4.78 is 11.1. The van der Waals surface area contributed by atoms with Crippen molar-refractivity contribution in [3.8, 4) is 5.75 Å². The number of furan rings is 1. The number of rotatable bonds is 9. The number of hydrogen-bond acceptors (Lipinski definition) is 7. The highest BCUT2D eigenvalue weighted by atomic mass is 16.6. The molecule has 0 aliphatic carbocycles. The van der Waals surface area contributed by atoms with Crippen LogP contribution in [0.4, 0.5) is 5.69 Å². The van der Waals surface area contributed by atoms with Crippen molar-refractivity contribution in [2.75, 3.05) is 6.61 Å². The van der Waals surface area contributed by atoms with Gasteiger partial charge in [0, 0.05) is 12.1 Å². The summed E-state index contributed by atoms with van der Waals surface area (Å²) in [5.74, 6) is 0.482. The molecule has 0 radical (unpaired) electrons. The Kier molecular flexibility index (Phi) is 7.01. The molecular weight excluding hydrogens is 404 g/mol. The van der Waals surface area contributed by atoms with Crippen LogP contribution in [-0.2, 0) is 6.61 Å². The largest absolute Gasteiger partial charge is 0.486 e. The number of nitrogens with zero attached hydrogens (tertiary/aromatic N) is 1. The number of benzene rings is 2. The Labute approximate surface area is 178 Å². The molecule has 0 aliphatic heterocycles. The quantitative estimate of drug-likeness (QED) is 0.354. The first-order valence-corrected chi connectivity index (χ1v) is 9.49. The maximum Gasteiger partial charge on any atom is 0.287 e. The Hall–Kier alpha value is -3.69. The van der Waals surface area contributed by atoms with Crippen LogP contribution in [0.2, 0.25) is 0 Å². The second-order valence-corrected chi connectivity index (χ2v) is 6.93. The average molecular weight is 426 g/mol. The van der Waals surface area contributed by atoms with Crippen molar-refractivity contribution in [2.45, 2.75) is 25.7 Å². The third kappa shape index (κ3) is 5.68. The Balaban J connectivity index is 1.60. The van der Waals surface area contributed by atoms with Gasteiger partial charge in [-0.05, 0) is 54.4 Å². The number of carbonyl (C=O) groups excluding carboxylic acids is 1.